The van der Waals surface area contributed by atoms with Crippen molar-refractivity contribution in [3.63, 3.8) is 0 Å². The summed E-state index contributed by atoms with van der Waals surface area (Å²) in [6.07, 6.45) is 1.00. The molecule has 1 aliphatic rings. The van der Waals surface area contributed by atoms with Gasteiger partial charge in [0.05, 0.1) is 13.5 Å². The quantitative estimate of drug-likeness (QED) is 0.721. The molecular formula is C17H24N2O5S. The fourth-order valence-electron chi connectivity index (χ4n) is 2.79. The summed E-state index contributed by atoms with van der Waals surface area (Å²) in [5.41, 5.74) is -1.57. The molecule has 0 bridgehead atoms. The largest absolute Gasteiger partial charge is 0.467 e. The van der Waals surface area contributed by atoms with Crippen LogP contribution in [0, 0.1) is 0 Å². The number of esters is 1. The van der Waals surface area contributed by atoms with E-state index in [-0.39, 0.29) is 18.7 Å². The van der Waals surface area contributed by atoms with Gasteiger partial charge < -0.3 is 20.1 Å². The molecule has 2 amide bonds. The summed E-state index contributed by atoms with van der Waals surface area (Å²) in [4.78, 5) is 38.9. The van der Waals surface area contributed by atoms with E-state index in [4.69, 9.17) is 0 Å². The van der Waals surface area contributed by atoms with Crippen molar-refractivity contribution in [2.45, 2.75) is 44.2 Å². The Kier molecular flexibility index (Phi) is 6.55. The maximum atomic E-state index is 12.4. The Morgan fingerprint density at radius 3 is 2.60 bits per heavy atom. The first-order chi connectivity index (χ1) is 11.9. The number of rotatable bonds is 6. The molecule has 1 aromatic rings. The van der Waals surface area contributed by atoms with Gasteiger partial charge >= 0.3 is 5.97 Å². The molecule has 2 rings (SSSR count). The summed E-state index contributed by atoms with van der Waals surface area (Å²) in [6.45, 7) is 2.37. The van der Waals surface area contributed by atoms with Crippen LogP contribution < -0.4 is 5.32 Å². The number of amides is 2. The number of aliphatic hydroxyl groups is 1. The van der Waals surface area contributed by atoms with Crippen molar-refractivity contribution in [1.82, 2.24) is 10.2 Å². The minimum Gasteiger partial charge on any atom is -0.467 e. The Morgan fingerprint density at radius 2 is 2.08 bits per heavy atom. The third kappa shape index (κ3) is 4.79. The zero-order valence-electron chi connectivity index (χ0n) is 14.5. The van der Waals surface area contributed by atoms with Gasteiger partial charge in [0.15, 0.2) is 0 Å². The van der Waals surface area contributed by atoms with Gasteiger partial charge in [-0.15, -0.1) is 11.3 Å². The molecule has 0 aromatic carbocycles. The highest BCUT2D eigenvalue weighted by molar-refractivity contribution is 7.10. The van der Waals surface area contributed by atoms with E-state index in [9.17, 15) is 19.5 Å². The molecule has 0 aliphatic carbocycles. The van der Waals surface area contributed by atoms with Crippen LogP contribution in [-0.2, 0) is 25.5 Å². The van der Waals surface area contributed by atoms with Crippen LogP contribution in [0.2, 0.25) is 0 Å². The van der Waals surface area contributed by atoms with Gasteiger partial charge in [-0.2, -0.15) is 0 Å². The second-order valence-electron chi connectivity index (χ2n) is 6.13. The van der Waals surface area contributed by atoms with Crippen molar-refractivity contribution >= 4 is 29.1 Å². The smallest absolute Gasteiger partial charge is 0.328 e. The Balaban J connectivity index is 1.89. The van der Waals surface area contributed by atoms with E-state index in [2.05, 4.69) is 10.1 Å². The van der Waals surface area contributed by atoms with Gasteiger partial charge in [-0.1, -0.05) is 13.0 Å². The number of carbonyl (C=O) groups excluding carboxylic acids is 3. The molecule has 0 radical (unpaired) electrons. The molecule has 1 unspecified atom stereocenters. The van der Waals surface area contributed by atoms with Crippen LogP contribution in [0.15, 0.2) is 17.5 Å². The van der Waals surface area contributed by atoms with Crippen LogP contribution in [0.3, 0.4) is 0 Å². The number of ether oxygens (including phenoxy) is 1. The van der Waals surface area contributed by atoms with Gasteiger partial charge in [-0.3, -0.25) is 9.59 Å². The lowest BCUT2D eigenvalue weighted by Crippen LogP contribution is -2.57. The minimum absolute atomic E-state index is 0.00842. The SMILES string of the molecule is CCC(NC(=O)C1(O)CCN(C(=O)Cc2cccs2)CC1)C(=O)OC. The minimum atomic E-state index is -1.57. The van der Waals surface area contributed by atoms with Gasteiger partial charge in [0, 0.05) is 30.8 Å². The van der Waals surface area contributed by atoms with Crippen molar-refractivity contribution in [2.75, 3.05) is 20.2 Å². The lowest BCUT2D eigenvalue weighted by atomic mass is 9.90. The summed E-state index contributed by atoms with van der Waals surface area (Å²) < 4.78 is 4.64. The van der Waals surface area contributed by atoms with Crippen molar-refractivity contribution in [3.05, 3.63) is 22.4 Å². The lowest BCUT2D eigenvalue weighted by Gasteiger charge is -2.37. The first kappa shape index (κ1) is 19.4. The second kappa shape index (κ2) is 8.44. The number of likely N-dealkylation sites (tertiary alicyclic amines) is 1. The fraction of sp³-hybridized carbons (Fsp3) is 0.588. The number of nitrogens with zero attached hydrogens (tertiary/aromatic N) is 1. The summed E-state index contributed by atoms with van der Waals surface area (Å²) >= 11 is 1.53. The third-order valence-electron chi connectivity index (χ3n) is 4.47. The Labute approximate surface area is 151 Å². The topological polar surface area (TPSA) is 95.9 Å². The number of hydrogen-bond acceptors (Lipinski definition) is 6. The molecule has 2 heterocycles. The van der Waals surface area contributed by atoms with Gasteiger partial charge in [-0.05, 0) is 17.9 Å². The van der Waals surface area contributed by atoms with E-state index >= 15 is 0 Å². The van der Waals surface area contributed by atoms with E-state index in [1.807, 2.05) is 17.5 Å². The Hall–Kier alpha value is -1.93. The molecule has 0 saturated carbocycles. The molecular weight excluding hydrogens is 344 g/mol. The number of methoxy groups -OCH3 is 1. The second-order valence-corrected chi connectivity index (χ2v) is 7.16. The van der Waals surface area contributed by atoms with Gasteiger partial charge in [-0.25, -0.2) is 4.79 Å². The maximum absolute atomic E-state index is 12.4. The zero-order valence-corrected chi connectivity index (χ0v) is 15.3. The summed E-state index contributed by atoms with van der Waals surface area (Å²) in [5.74, 6) is -1.14. The van der Waals surface area contributed by atoms with Crippen LogP contribution in [0.4, 0.5) is 0 Å². The fourth-order valence-corrected chi connectivity index (χ4v) is 3.49. The van der Waals surface area contributed by atoms with Crippen molar-refractivity contribution < 1.29 is 24.2 Å². The van der Waals surface area contributed by atoms with Crippen LogP contribution in [-0.4, -0.2) is 59.6 Å². The molecule has 8 heteroatoms. The van der Waals surface area contributed by atoms with E-state index in [0.717, 1.165) is 4.88 Å². The highest BCUT2D eigenvalue weighted by Gasteiger charge is 2.41. The normalized spacial score (nSPS) is 17.6. The van der Waals surface area contributed by atoms with E-state index in [0.29, 0.717) is 25.9 Å². The highest BCUT2D eigenvalue weighted by Crippen LogP contribution is 2.24. The average molecular weight is 368 g/mol. The zero-order chi connectivity index (χ0) is 18.4. The highest BCUT2D eigenvalue weighted by atomic mass is 32.1. The summed E-state index contributed by atoms with van der Waals surface area (Å²) in [5, 5.41) is 15.1. The molecule has 2 N–H and O–H groups in total. The van der Waals surface area contributed by atoms with E-state index in [1.165, 1.54) is 18.4 Å². The summed E-state index contributed by atoms with van der Waals surface area (Å²) in [6, 6.07) is 3.03. The third-order valence-corrected chi connectivity index (χ3v) is 5.35. The van der Waals surface area contributed by atoms with E-state index in [1.54, 1.807) is 11.8 Å². The monoisotopic (exact) mass is 368 g/mol. The van der Waals surface area contributed by atoms with Crippen molar-refractivity contribution in [3.8, 4) is 0 Å². The van der Waals surface area contributed by atoms with Crippen molar-refractivity contribution in [2.24, 2.45) is 0 Å². The maximum Gasteiger partial charge on any atom is 0.328 e. The van der Waals surface area contributed by atoms with Crippen molar-refractivity contribution in [1.29, 1.82) is 0 Å². The molecule has 7 nitrogen and oxygen atoms in total. The van der Waals surface area contributed by atoms with Crippen LogP contribution in [0.1, 0.15) is 31.1 Å². The number of thiophene rings is 1. The average Bonchev–Trinajstić information content (AvgIpc) is 3.12. The molecule has 1 atom stereocenters. The molecule has 1 aliphatic heterocycles. The number of piperidine rings is 1. The summed E-state index contributed by atoms with van der Waals surface area (Å²) in [7, 11) is 1.25. The molecule has 0 spiro atoms. The van der Waals surface area contributed by atoms with Crippen LogP contribution in [0.25, 0.3) is 0 Å². The number of carbonyl (C=O) groups is 3. The predicted molar refractivity (Wildman–Crippen MR) is 93.0 cm³/mol. The molecule has 1 saturated heterocycles. The molecule has 1 fully saturated rings. The molecule has 138 valence electrons. The van der Waals surface area contributed by atoms with Gasteiger partial charge in [0.25, 0.3) is 5.91 Å². The lowest BCUT2D eigenvalue weighted by molar-refractivity contribution is -0.153. The van der Waals surface area contributed by atoms with E-state index < -0.39 is 23.5 Å². The molecule has 1 aromatic heterocycles. The van der Waals surface area contributed by atoms with Crippen LogP contribution >= 0.6 is 11.3 Å². The Morgan fingerprint density at radius 1 is 1.40 bits per heavy atom. The predicted octanol–water partition coefficient (Wildman–Crippen LogP) is 0.712. The standard InChI is InChI=1S/C17H24N2O5S/c1-3-13(15(21)24-2)18-16(22)17(23)6-8-19(9-7-17)14(20)11-12-5-4-10-25-12/h4-5,10,13,23H,3,6-9,11H2,1-2H3,(H,18,22). The first-order valence-corrected chi connectivity index (χ1v) is 9.19. The number of hydrogen-bond donors (Lipinski definition) is 2. The Bertz CT molecular complexity index is 609. The molecule has 25 heavy (non-hydrogen) atoms. The first-order valence-electron chi connectivity index (χ1n) is 8.31. The van der Waals surface area contributed by atoms with Gasteiger partial charge in [0.1, 0.15) is 11.6 Å². The number of nitrogens with one attached hydrogen (secondary N) is 1. The van der Waals surface area contributed by atoms with Crippen LogP contribution in [0.5, 0.6) is 0 Å². The van der Waals surface area contributed by atoms with Gasteiger partial charge in [0.2, 0.25) is 5.91 Å².